The fraction of sp³-hybridized carbons (Fsp3) is 0.217. The summed E-state index contributed by atoms with van der Waals surface area (Å²) in [5.41, 5.74) is 5.72. The Morgan fingerprint density at radius 3 is 2.68 bits per heavy atom. The van der Waals surface area contributed by atoms with Crippen LogP contribution in [0.25, 0.3) is 22.4 Å². The van der Waals surface area contributed by atoms with Gasteiger partial charge in [0.15, 0.2) is 11.5 Å². The van der Waals surface area contributed by atoms with Gasteiger partial charge in [-0.2, -0.15) is 13.2 Å². The number of oxazole rings is 1. The van der Waals surface area contributed by atoms with Crippen LogP contribution in [0.5, 0.6) is 5.75 Å². The minimum atomic E-state index is -4.63. The second-order valence-corrected chi connectivity index (χ2v) is 7.27. The minimum absolute atomic E-state index is 0.00115. The molecule has 0 aliphatic heterocycles. The molecule has 0 radical (unpaired) electrons. The van der Waals surface area contributed by atoms with Crippen molar-refractivity contribution in [2.45, 2.75) is 19.1 Å². The van der Waals surface area contributed by atoms with Crippen LogP contribution in [0.2, 0.25) is 0 Å². The third-order valence-electron chi connectivity index (χ3n) is 4.73. The van der Waals surface area contributed by atoms with E-state index in [9.17, 15) is 18.0 Å². The molecule has 0 unspecified atom stereocenters. The first-order valence-electron chi connectivity index (χ1n) is 9.96. The quantitative estimate of drug-likeness (QED) is 0.369. The van der Waals surface area contributed by atoms with Crippen molar-refractivity contribution in [3.8, 4) is 17.2 Å². The zero-order chi connectivity index (χ0) is 25.0. The number of nitrogens with zero attached hydrogens (tertiary/aromatic N) is 3. The fourth-order valence-corrected chi connectivity index (χ4v) is 3.11. The van der Waals surface area contributed by atoms with Crippen molar-refractivity contribution in [2.24, 2.45) is 10.7 Å². The lowest BCUT2D eigenvalue weighted by Gasteiger charge is -2.11. The van der Waals surface area contributed by atoms with Gasteiger partial charge in [-0.15, -0.1) is 0 Å². The Hall–Kier alpha value is -3.99. The van der Waals surface area contributed by atoms with E-state index in [0.717, 1.165) is 6.07 Å². The van der Waals surface area contributed by atoms with Crippen LogP contribution in [-0.2, 0) is 6.18 Å². The van der Waals surface area contributed by atoms with Gasteiger partial charge < -0.3 is 20.2 Å². The summed E-state index contributed by atoms with van der Waals surface area (Å²) in [6, 6.07) is 4.43. The molecule has 3 N–H and O–H groups in total. The van der Waals surface area contributed by atoms with Gasteiger partial charge in [0.25, 0.3) is 5.91 Å². The lowest BCUT2D eigenvalue weighted by molar-refractivity contribution is -0.140. The number of carbonyl (C=O) groups is 1. The van der Waals surface area contributed by atoms with E-state index in [1.807, 2.05) is 0 Å². The molecule has 0 fully saturated rings. The molecule has 0 bridgehead atoms. The average molecular weight is 473 g/mol. The largest absolute Gasteiger partial charge is 0.494 e. The van der Waals surface area contributed by atoms with Crippen molar-refractivity contribution in [3.05, 3.63) is 65.8 Å². The topological polar surface area (TPSA) is 116 Å². The number of hydrogen-bond acceptors (Lipinski definition) is 7. The predicted octanol–water partition coefficient (Wildman–Crippen LogP) is 4.44. The van der Waals surface area contributed by atoms with Crippen LogP contribution in [0.15, 0.2) is 58.1 Å². The van der Waals surface area contributed by atoms with E-state index in [0.29, 0.717) is 16.5 Å². The highest BCUT2D eigenvalue weighted by molar-refractivity contribution is 5.98. The molecule has 2 heterocycles. The smallest absolute Gasteiger partial charge is 0.433 e. The summed E-state index contributed by atoms with van der Waals surface area (Å²) in [5, 5.41) is 2.96. The van der Waals surface area contributed by atoms with E-state index in [-0.39, 0.29) is 35.2 Å². The van der Waals surface area contributed by atoms with Crippen molar-refractivity contribution in [3.63, 3.8) is 0 Å². The summed E-state index contributed by atoms with van der Waals surface area (Å²) < 4.78 is 50.6. The normalized spacial score (nSPS) is 12.6. The molecule has 2 aromatic heterocycles. The third-order valence-corrected chi connectivity index (χ3v) is 4.73. The van der Waals surface area contributed by atoms with Crippen molar-refractivity contribution in [1.29, 1.82) is 0 Å². The van der Waals surface area contributed by atoms with Crippen molar-refractivity contribution in [2.75, 3.05) is 13.7 Å². The number of halogens is 3. The number of amides is 1. The highest BCUT2D eigenvalue weighted by Gasteiger charge is 2.33. The summed E-state index contributed by atoms with van der Waals surface area (Å²) in [4.78, 5) is 24.3. The van der Waals surface area contributed by atoms with Crippen molar-refractivity contribution < 1.29 is 27.1 Å². The van der Waals surface area contributed by atoms with Gasteiger partial charge in [-0.05, 0) is 49.6 Å². The molecule has 0 saturated heterocycles. The highest BCUT2D eigenvalue weighted by Crippen LogP contribution is 2.37. The number of carbonyl (C=O) groups excluding carboxylic acids is 1. The summed E-state index contributed by atoms with van der Waals surface area (Å²) in [7, 11) is 1.33. The number of methoxy groups -OCH3 is 1. The lowest BCUT2D eigenvalue weighted by atomic mass is 10.1. The molecule has 34 heavy (non-hydrogen) atoms. The van der Waals surface area contributed by atoms with Gasteiger partial charge in [-0.3, -0.25) is 9.79 Å². The van der Waals surface area contributed by atoms with Gasteiger partial charge in [0, 0.05) is 23.7 Å². The van der Waals surface area contributed by atoms with Crippen LogP contribution < -0.4 is 15.8 Å². The number of aromatic nitrogens is 2. The van der Waals surface area contributed by atoms with E-state index in [1.165, 1.54) is 25.4 Å². The number of alkyl halides is 3. The number of rotatable bonds is 8. The SMILES string of the molecule is C=N/C=C\C(=C)CNC(=O)c1nc(-c2ccc(OC)c3nc(C(F)(F)F)ccc23)oc1[C@H](C)N. The Labute approximate surface area is 193 Å². The number of hydrogen-bond donors (Lipinski definition) is 2. The maximum atomic E-state index is 13.2. The molecule has 0 spiro atoms. The standard InChI is InChI=1S/C23H22F3N5O3/c1-12(9-10-28-3)11-29-21(32)19-20(13(2)27)34-22(31-19)15-5-7-16(33-4)18-14(15)6-8-17(30-18)23(24,25)26/h5-10,13H,1,3,11,27H2,2,4H3,(H,29,32)/b10-9-/t13-/m0/s1. The van der Waals surface area contributed by atoms with Crippen LogP contribution in [0, 0.1) is 0 Å². The van der Waals surface area contributed by atoms with Gasteiger partial charge in [-0.25, -0.2) is 9.97 Å². The Morgan fingerprint density at radius 2 is 2.06 bits per heavy atom. The van der Waals surface area contributed by atoms with Gasteiger partial charge in [0.2, 0.25) is 5.89 Å². The van der Waals surface area contributed by atoms with Crippen LogP contribution in [0.4, 0.5) is 13.2 Å². The van der Waals surface area contributed by atoms with Gasteiger partial charge in [-0.1, -0.05) is 6.58 Å². The molecule has 0 aliphatic rings. The first-order chi connectivity index (χ1) is 16.1. The number of ether oxygens (including phenoxy) is 1. The Bertz CT molecular complexity index is 1280. The molecule has 1 atom stereocenters. The Morgan fingerprint density at radius 1 is 1.32 bits per heavy atom. The van der Waals surface area contributed by atoms with E-state index >= 15 is 0 Å². The number of pyridine rings is 1. The van der Waals surface area contributed by atoms with Crippen molar-refractivity contribution >= 4 is 23.5 Å². The number of nitrogens with one attached hydrogen (secondary N) is 1. The van der Waals surface area contributed by atoms with Crippen LogP contribution in [0.1, 0.15) is 34.9 Å². The summed E-state index contributed by atoms with van der Waals surface area (Å²) >= 11 is 0. The molecule has 1 aromatic carbocycles. The van der Waals surface area contributed by atoms with Crippen LogP contribution in [-0.4, -0.2) is 36.2 Å². The third kappa shape index (κ3) is 5.15. The molecule has 178 valence electrons. The molecular weight excluding hydrogens is 451 g/mol. The first kappa shape index (κ1) is 24.6. The molecule has 3 rings (SSSR count). The lowest BCUT2D eigenvalue weighted by Crippen LogP contribution is -2.27. The number of fused-ring (bicyclic) bond motifs is 1. The molecule has 0 aliphatic carbocycles. The van der Waals surface area contributed by atoms with Gasteiger partial charge >= 0.3 is 6.18 Å². The molecular formula is C23H22F3N5O3. The first-order valence-corrected chi connectivity index (χ1v) is 9.96. The number of nitrogens with two attached hydrogens (primary N) is 1. The molecule has 3 aromatic rings. The molecule has 8 nitrogen and oxygen atoms in total. The Balaban J connectivity index is 2.06. The minimum Gasteiger partial charge on any atom is -0.494 e. The van der Waals surface area contributed by atoms with E-state index < -0.39 is 23.8 Å². The maximum absolute atomic E-state index is 13.2. The molecule has 0 saturated carbocycles. The second-order valence-electron chi connectivity index (χ2n) is 7.27. The maximum Gasteiger partial charge on any atom is 0.433 e. The van der Waals surface area contributed by atoms with Crippen molar-refractivity contribution in [1.82, 2.24) is 15.3 Å². The second kappa shape index (κ2) is 9.87. The highest BCUT2D eigenvalue weighted by atomic mass is 19.4. The van der Waals surface area contributed by atoms with E-state index in [2.05, 4.69) is 33.6 Å². The van der Waals surface area contributed by atoms with E-state index in [4.69, 9.17) is 14.9 Å². The van der Waals surface area contributed by atoms with Gasteiger partial charge in [0.05, 0.1) is 13.2 Å². The van der Waals surface area contributed by atoms with Crippen LogP contribution >= 0.6 is 0 Å². The monoisotopic (exact) mass is 473 g/mol. The number of aliphatic imine (C=N–C) groups is 1. The number of benzene rings is 1. The predicted molar refractivity (Wildman–Crippen MR) is 122 cm³/mol. The summed E-state index contributed by atoms with van der Waals surface area (Å²) in [6.07, 6.45) is -1.62. The molecule has 11 heteroatoms. The summed E-state index contributed by atoms with van der Waals surface area (Å²) in [6.45, 7) is 8.83. The van der Waals surface area contributed by atoms with Crippen LogP contribution in [0.3, 0.4) is 0 Å². The van der Waals surface area contributed by atoms with Gasteiger partial charge in [0.1, 0.15) is 17.0 Å². The molecule has 1 amide bonds. The zero-order valence-electron chi connectivity index (χ0n) is 18.4. The average Bonchev–Trinajstić information content (AvgIpc) is 3.25. The summed E-state index contributed by atoms with van der Waals surface area (Å²) in [5.74, 6) is -0.299. The Kier molecular flexibility index (Phi) is 7.16. The zero-order valence-corrected chi connectivity index (χ0v) is 18.4. The van der Waals surface area contributed by atoms with E-state index in [1.54, 1.807) is 19.1 Å². The fourth-order valence-electron chi connectivity index (χ4n) is 3.11.